The Morgan fingerprint density at radius 3 is 2.67 bits per heavy atom. The van der Waals surface area contributed by atoms with Crippen molar-refractivity contribution in [2.24, 2.45) is 0 Å². The third-order valence-corrected chi connectivity index (χ3v) is 3.58. The molecular formula is C15H22N2O4. The van der Waals surface area contributed by atoms with Crippen molar-refractivity contribution in [3.05, 3.63) is 33.4 Å². The van der Waals surface area contributed by atoms with Gasteiger partial charge in [0.15, 0.2) is 0 Å². The van der Waals surface area contributed by atoms with Crippen molar-refractivity contribution in [1.82, 2.24) is 5.32 Å². The normalized spacial score (nSPS) is 17.3. The number of nitrogens with one attached hydrogen (secondary N) is 1. The molecule has 0 amide bonds. The highest BCUT2D eigenvalue weighted by atomic mass is 16.6. The van der Waals surface area contributed by atoms with Gasteiger partial charge in [0.05, 0.1) is 4.92 Å². The zero-order valence-electron chi connectivity index (χ0n) is 12.7. The first-order valence-electron chi connectivity index (χ1n) is 7.13. The summed E-state index contributed by atoms with van der Waals surface area (Å²) in [5.41, 5.74) is 0.363. The van der Waals surface area contributed by atoms with Crippen LogP contribution in [-0.4, -0.2) is 34.8 Å². The second-order valence-electron chi connectivity index (χ2n) is 6.10. The van der Waals surface area contributed by atoms with Gasteiger partial charge in [0.25, 0.3) is 5.69 Å². The summed E-state index contributed by atoms with van der Waals surface area (Å²) in [7, 11) is 0. The summed E-state index contributed by atoms with van der Waals surface area (Å²) in [6.45, 7) is 5.78. The molecule has 1 saturated carbocycles. The molecule has 6 heteroatoms. The van der Waals surface area contributed by atoms with Gasteiger partial charge in [-0.1, -0.05) is 0 Å². The Labute approximate surface area is 124 Å². The Balaban J connectivity index is 1.98. The molecule has 1 aromatic carbocycles. The number of rotatable bonds is 7. The van der Waals surface area contributed by atoms with Crippen LogP contribution in [0.4, 0.5) is 5.69 Å². The van der Waals surface area contributed by atoms with E-state index in [4.69, 9.17) is 4.74 Å². The highest BCUT2D eigenvalue weighted by Crippen LogP contribution is 2.28. The van der Waals surface area contributed by atoms with Crippen LogP contribution in [-0.2, 0) is 0 Å². The van der Waals surface area contributed by atoms with Crippen LogP contribution in [0.15, 0.2) is 12.1 Å². The average Bonchev–Trinajstić information content (AvgIpc) is 3.21. The van der Waals surface area contributed by atoms with Crippen LogP contribution in [0.1, 0.15) is 30.9 Å². The SMILES string of the molecule is Cc1cc([N+](=O)[O-])c(C)cc1OCC(C)(O)CNC1CC1. The fourth-order valence-electron chi connectivity index (χ4n) is 2.06. The van der Waals surface area contributed by atoms with Crippen LogP contribution >= 0.6 is 0 Å². The Bertz CT molecular complexity index is 539. The van der Waals surface area contributed by atoms with Crippen LogP contribution in [0.3, 0.4) is 0 Å². The number of nitro benzene ring substituents is 1. The molecule has 1 atom stereocenters. The monoisotopic (exact) mass is 294 g/mol. The van der Waals surface area contributed by atoms with Gasteiger partial charge in [-0.25, -0.2) is 0 Å². The van der Waals surface area contributed by atoms with E-state index in [1.54, 1.807) is 26.8 Å². The van der Waals surface area contributed by atoms with Gasteiger partial charge < -0.3 is 15.2 Å². The van der Waals surface area contributed by atoms with Gasteiger partial charge in [-0.3, -0.25) is 10.1 Å². The smallest absolute Gasteiger partial charge is 0.272 e. The average molecular weight is 294 g/mol. The van der Waals surface area contributed by atoms with Gasteiger partial charge in [-0.15, -0.1) is 0 Å². The van der Waals surface area contributed by atoms with Crippen molar-refractivity contribution < 1.29 is 14.8 Å². The van der Waals surface area contributed by atoms with E-state index < -0.39 is 10.5 Å². The van der Waals surface area contributed by atoms with Crippen molar-refractivity contribution in [2.45, 2.75) is 45.3 Å². The number of hydrogen-bond acceptors (Lipinski definition) is 5. The first-order chi connectivity index (χ1) is 9.78. The summed E-state index contributed by atoms with van der Waals surface area (Å²) in [4.78, 5) is 10.5. The van der Waals surface area contributed by atoms with Gasteiger partial charge in [-0.2, -0.15) is 0 Å². The van der Waals surface area contributed by atoms with Gasteiger partial charge in [0.2, 0.25) is 0 Å². The van der Waals surface area contributed by atoms with Crippen LogP contribution in [0.2, 0.25) is 0 Å². The van der Waals surface area contributed by atoms with Gasteiger partial charge >= 0.3 is 0 Å². The maximum Gasteiger partial charge on any atom is 0.272 e. The lowest BCUT2D eigenvalue weighted by atomic mass is 10.1. The molecule has 2 rings (SSSR count). The lowest BCUT2D eigenvalue weighted by molar-refractivity contribution is -0.385. The number of ether oxygens (including phenoxy) is 1. The molecule has 6 nitrogen and oxygen atoms in total. The van der Waals surface area contributed by atoms with Crippen molar-refractivity contribution in [3.63, 3.8) is 0 Å². The lowest BCUT2D eigenvalue weighted by Gasteiger charge is -2.24. The molecule has 116 valence electrons. The zero-order chi connectivity index (χ0) is 15.6. The first kappa shape index (κ1) is 15.7. The summed E-state index contributed by atoms with van der Waals surface area (Å²) in [5.74, 6) is 0.574. The summed E-state index contributed by atoms with van der Waals surface area (Å²) < 4.78 is 5.66. The molecule has 1 aliphatic rings. The highest BCUT2D eigenvalue weighted by molar-refractivity contribution is 5.49. The van der Waals surface area contributed by atoms with Gasteiger partial charge in [0, 0.05) is 24.2 Å². The van der Waals surface area contributed by atoms with E-state index in [-0.39, 0.29) is 12.3 Å². The molecule has 0 radical (unpaired) electrons. The minimum atomic E-state index is -0.968. The lowest BCUT2D eigenvalue weighted by Crippen LogP contribution is -2.43. The quantitative estimate of drug-likeness (QED) is 0.594. The van der Waals surface area contributed by atoms with Crippen molar-refractivity contribution >= 4 is 5.69 Å². The van der Waals surface area contributed by atoms with Gasteiger partial charge in [0.1, 0.15) is 18.0 Å². The number of hydrogen-bond donors (Lipinski definition) is 2. The molecule has 0 aromatic heterocycles. The Hall–Kier alpha value is -1.66. The van der Waals surface area contributed by atoms with Crippen LogP contribution in [0, 0.1) is 24.0 Å². The molecule has 0 aliphatic heterocycles. The summed E-state index contributed by atoms with van der Waals surface area (Å²) in [6, 6.07) is 3.68. The van der Waals surface area contributed by atoms with E-state index >= 15 is 0 Å². The number of aliphatic hydroxyl groups is 1. The minimum Gasteiger partial charge on any atom is -0.490 e. The fourth-order valence-corrected chi connectivity index (χ4v) is 2.06. The van der Waals surface area contributed by atoms with E-state index in [0.717, 1.165) is 12.8 Å². The molecule has 1 unspecified atom stereocenters. The van der Waals surface area contributed by atoms with Crippen molar-refractivity contribution in [3.8, 4) is 5.75 Å². The molecule has 1 aliphatic carbocycles. The maximum atomic E-state index is 10.9. The predicted molar refractivity (Wildman–Crippen MR) is 79.7 cm³/mol. The number of nitro groups is 1. The van der Waals surface area contributed by atoms with E-state index in [0.29, 0.717) is 29.5 Å². The number of benzene rings is 1. The standard InChI is InChI=1S/C15H22N2O4/c1-10-7-14(11(2)6-13(10)17(19)20)21-9-15(3,18)8-16-12-4-5-12/h6-7,12,16,18H,4-5,8-9H2,1-3H3. The Morgan fingerprint density at radius 2 is 2.10 bits per heavy atom. The largest absolute Gasteiger partial charge is 0.490 e. The first-order valence-corrected chi connectivity index (χ1v) is 7.13. The highest BCUT2D eigenvalue weighted by Gasteiger charge is 2.27. The number of nitrogens with zero attached hydrogens (tertiary/aromatic N) is 1. The summed E-state index contributed by atoms with van der Waals surface area (Å²) >= 11 is 0. The fraction of sp³-hybridized carbons (Fsp3) is 0.600. The summed E-state index contributed by atoms with van der Waals surface area (Å²) in [6.07, 6.45) is 2.33. The second-order valence-corrected chi connectivity index (χ2v) is 6.10. The van der Waals surface area contributed by atoms with Crippen LogP contribution in [0.5, 0.6) is 5.75 Å². The molecule has 2 N–H and O–H groups in total. The third-order valence-electron chi connectivity index (χ3n) is 3.58. The molecule has 1 aromatic rings. The van der Waals surface area contributed by atoms with Crippen molar-refractivity contribution in [1.29, 1.82) is 0 Å². The second kappa shape index (κ2) is 5.99. The van der Waals surface area contributed by atoms with E-state index in [2.05, 4.69) is 5.32 Å². The van der Waals surface area contributed by atoms with E-state index in [1.165, 1.54) is 6.07 Å². The van der Waals surface area contributed by atoms with E-state index in [9.17, 15) is 15.2 Å². The molecule has 1 fully saturated rings. The molecule has 0 saturated heterocycles. The van der Waals surface area contributed by atoms with Crippen LogP contribution < -0.4 is 10.1 Å². The van der Waals surface area contributed by atoms with E-state index in [1.807, 2.05) is 0 Å². The molecule has 0 spiro atoms. The van der Waals surface area contributed by atoms with Gasteiger partial charge in [-0.05, 0) is 45.2 Å². The number of aryl methyl sites for hydroxylation is 2. The van der Waals surface area contributed by atoms with Crippen molar-refractivity contribution in [2.75, 3.05) is 13.2 Å². The third kappa shape index (κ3) is 4.41. The summed E-state index contributed by atoms with van der Waals surface area (Å²) in [5, 5.41) is 24.4. The predicted octanol–water partition coefficient (Wildman–Crippen LogP) is 2.09. The molecule has 0 bridgehead atoms. The van der Waals surface area contributed by atoms with Crippen LogP contribution in [0.25, 0.3) is 0 Å². The maximum absolute atomic E-state index is 10.9. The zero-order valence-corrected chi connectivity index (χ0v) is 12.7. The topological polar surface area (TPSA) is 84.6 Å². The minimum absolute atomic E-state index is 0.0852. The molecule has 0 heterocycles. The Kier molecular flexibility index (Phi) is 4.49. The molecular weight excluding hydrogens is 272 g/mol. The molecule has 21 heavy (non-hydrogen) atoms. The Morgan fingerprint density at radius 1 is 1.43 bits per heavy atom.